The maximum atomic E-state index is 12.2. The summed E-state index contributed by atoms with van der Waals surface area (Å²) in [5, 5.41) is -0.0426. The summed E-state index contributed by atoms with van der Waals surface area (Å²) >= 11 is 0. The Kier molecular flexibility index (Phi) is 3.27. The Balaban J connectivity index is 1.81. The molecule has 1 N–H and O–H groups in total. The second-order valence-corrected chi connectivity index (χ2v) is 6.61. The molecule has 1 aromatic heterocycles. The Bertz CT molecular complexity index is 695. The molecule has 106 valence electrons. The predicted octanol–water partition coefficient (Wildman–Crippen LogP) is 1.62. The third-order valence-corrected chi connectivity index (χ3v) is 4.85. The van der Waals surface area contributed by atoms with E-state index >= 15 is 0 Å². The van der Waals surface area contributed by atoms with E-state index in [1.165, 1.54) is 12.3 Å². The van der Waals surface area contributed by atoms with Crippen molar-refractivity contribution in [3.05, 3.63) is 48.2 Å². The Labute approximate surface area is 118 Å². The van der Waals surface area contributed by atoms with Crippen molar-refractivity contribution in [1.29, 1.82) is 0 Å². The molecular formula is C14H16N2O3S. The first-order valence-electron chi connectivity index (χ1n) is 6.41. The van der Waals surface area contributed by atoms with Crippen LogP contribution in [0.2, 0.25) is 0 Å². The van der Waals surface area contributed by atoms with Gasteiger partial charge in [0.2, 0.25) is 5.09 Å². The molecule has 0 bridgehead atoms. The molecule has 0 aliphatic carbocycles. The molecule has 0 amide bonds. The van der Waals surface area contributed by atoms with Gasteiger partial charge in [-0.15, -0.1) is 0 Å². The average Bonchev–Trinajstić information content (AvgIpc) is 2.93. The van der Waals surface area contributed by atoms with E-state index in [1.54, 1.807) is 6.07 Å². The third-order valence-electron chi connectivity index (χ3n) is 3.45. The lowest BCUT2D eigenvalue weighted by Gasteiger charge is -2.33. The largest absolute Gasteiger partial charge is 0.452 e. The number of rotatable bonds is 3. The maximum Gasteiger partial charge on any atom is 0.274 e. The average molecular weight is 292 g/mol. The van der Waals surface area contributed by atoms with Crippen molar-refractivity contribution in [3.8, 4) is 0 Å². The number of sulfonamides is 1. The van der Waals surface area contributed by atoms with Gasteiger partial charge in [-0.1, -0.05) is 18.2 Å². The van der Waals surface area contributed by atoms with Gasteiger partial charge < -0.3 is 9.32 Å². The number of nitrogens with one attached hydrogen (secondary N) is 1. The molecule has 1 aliphatic rings. The molecule has 0 unspecified atom stereocenters. The molecule has 2 heterocycles. The summed E-state index contributed by atoms with van der Waals surface area (Å²) in [6.07, 6.45) is 2.04. The minimum Gasteiger partial charge on any atom is -0.452 e. The van der Waals surface area contributed by atoms with Gasteiger partial charge in [0.05, 0.1) is 6.26 Å². The fourth-order valence-electron chi connectivity index (χ4n) is 2.59. The quantitative estimate of drug-likeness (QED) is 0.934. The number of fused-ring (bicyclic) bond motifs is 1. The van der Waals surface area contributed by atoms with E-state index in [-0.39, 0.29) is 11.1 Å². The molecule has 20 heavy (non-hydrogen) atoms. The molecule has 0 radical (unpaired) electrons. The van der Waals surface area contributed by atoms with Crippen LogP contribution >= 0.6 is 0 Å². The van der Waals surface area contributed by atoms with E-state index in [0.29, 0.717) is 13.0 Å². The number of furan rings is 1. The first-order chi connectivity index (χ1) is 9.56. The minimum atomic E-state index is -3.59. The molecule has 1 atom stereocenters. The van der Waals surface area contributed by atoms with Gasteiger partial charge in [-0.3, -0.25) is 0 Å². The van der Waals surface area contributed by atoms with Gasteiger partial charge in [0, 0.05) is 25.3 Å². The Morgan fingerprint density at radius 2 is 2.05 bits per heavy atom. The Morgan fingerprint density at radius 1 is 1.25 bits per heavy atom. The first kappa shape index (κ1) is 13.2. The Morgan fingerprint density at radius 3 is 2.80 bits per heavy atom. The smallest absolute Gasteiger partial charge is 0.274 e. The zero-order valence-corrected chi connectivity index (χ0v) is 11.9. The number of benzene rings is 1. The molecule has 1 aliphatic heterocycles. The van der Waals surface area contributed by atoms with E-state index < -0.39 is 10.0 Å². The standard InChI is InChI=1S/C14H16N2O3S/c1-16-10-12(9-11-5-2-3-6-13(11)16)15-20(17,18)14-7-4-8-19-14/h2-8,12,15H,9-10H2,1H3/t12-/m1/s1. The molecule has 0 fully saturated rings. The van der Waals surface area contributed by atoms with Crippen LogP contribution in [0.5, 0.6) is 0 Å². The van der Waals surface area contributed by atoms with Gasteiger partial charge in [0.25, 0.3) is 10.0 Å². The minimum absolute atomic E-state index is 0.0426. The van der Waals surface area contributed by atoms with Gasteiger partial charge in [-0.2, -0.15) is 0 Å². The molecule has 3 rings (SSSR count). The van der Waals surface area contributed by atoms with Crippen LogP contribution in [0.15, 0.2) is 52.2 Å². The summed E-state index contributed by atoms with van der Waals surface area (Å²) in [6.45, 7) is 0.636. The highest BCUT2D eigenvalue weighted by Crippen LogP contribution is 2.26. The van der Waals surface area contributed by atoms with Crippen LogP contribution in [0.4, 0.5) is 5.69 Å². The second kappa shape index (κ2) is 4.96. The molecule has 0 spiro atoms. The lowest BCUT2D eigenvalue weighted by Crippen LogP contribution is -2.46. The molecule has 1 aromatic carbocycles. The third kappa shape index (κ3) is 2.44. The van der Waals surface area contributed by atoms with Crippen LogP contribution in [0, 0.1) is 0 Å². The van der Waals surface area contributed by atoms with Gasteiger partial charge in [-0.25, -0.2) is 13.1 Å². The first-order valence-corrected chi connectivity index (χ1v) is 7.89. The summed E-state index contributed by atoms with van der Waals surface area (Å²) in [5.74, 6) is 0. The van der Waals surface area contributed by atoms with Gasteiger partial charge in [0.15, 0.2) is 0 Å². The van der Waals surface area contributed by atoms with Crippen molar-refractivity contribution >= 4 is 15.7 Å². The van der Waals surface area contributed by atoms with Crippen LogP contribution in [-0.4, -0.2) is 28.1 Å². The van der Waals surface area contributed by atoms with Crippen LogP contribution in [-0.2, 0) is 16.4 Å². The van der Waals surface area contributed by atoms with Gasteiger partial charge in [0.1, 0.15) is 0 Å². The highest BCUT2D eigenvalue weighted by molar-refractivity contribution is 7.89. The molecular weight excluding hydrogens is 276 g/mol. The van der Waals surface area contributed by atoms with Crippen LogP contribution in [0.3, 0.4) is 0 Å². The number of para-hydroxylation sites is 1. The van der Waals surface area contributed by atoms with E-state index in [4.69, 9.17) is 4.42 Å². The van der Waals surface area contributed by atoms with Crippen LogP contribution in [0.25, 0.3) is 0 Å². The number of anilines is 1. The topological polar surface area (TPSA) is 62.6 Å². The number of nitrogens with zero attached hydrogens (tertiary/aromatic N) is 1. The fraction of sp³-hybridized carbons (Fsp3) is 0.286. The lowest BCUT2D eigenvalue weighted by atomic mass is 9.99. The van der Waals surface area contributed by atoms with E-state index in [0.717, 1.165) is 11.3 Å². The maximum absolute atomic E-state index is 12.2. The summed E-state index contributed by atoms with van der Waals surface area (Å²) in [6, 6.07) is 10.9. The second-order valence-electron chi connectivity index (χ2n) is 4.96. The number of likely N-dealkylation sites (N-methyl/N-ethyl adjacent to an activating group) is 1. The van der Waals surface area contributed by atoms with Gasteiger partial charge >= 0.3 is 0 Å². The number of hydrogen-bond donors (Lipinski definition) is 1. The SMILES string of the molecule is CN1C[C@H](NS(=O)(=O)c2ccco2)Cc2ccccc21. The summed E-state index contributed by atoms with van der Waals surface area (Å²) in [5.41, 5.74) is 2.30. The molecule has 5 nitrogen and oxygen atoms in total. The highest BCUT2D eigenvalue weighted by atomic mass is 32.2. The van der Waals surface area contributed by atoms with E-state index in [9.17, 15) is 8.42 Å². The zero-order chi connectivity index (χ0) is 14.2. The summed E-state index contributed by atoms with van der Waals surface area (Å²) in [7, 11) is -1.62. The monoisotopic (exact) mass is 292 g/mol. The van der Waals surface area contributed by atoms with Crippen molar-refractivity contribution in [2.75, 3.05) is 18.5 Å². The van der Waals surface area contributed by atoms with Crippen molar-refractivity contribution in [3.63, 3.8) is 0 Å². The molecule has 0 saturated heterocycles. The van der Waals surface area contributed by atoms with Crippen molar-refractivity contribution < 1.29 is 12.8 Å². The summed E-state index contributed by atoms with van der Waals surface area (Å²) in [4.78, 5) is 2.06. The Hall–Kier alpha value is -1.79. The normalized spacial score (nSPS) is 18.9. The zero-order valence-electron chi connectivity index (χ0n) is 11.1. The van der Waals surface area contributed by atoms with Crippen molar-refractivity contribution in [1.82, 2.24) is 4.72 Å². The van der Waals surface area contributed by atoms with Crippen LogP contribution < -0.4 is 9.62 Å². The molecule has 2 aromatic rings. The highest BCUT2D eigenvalue weighted by Gasteiger charge is 2.27. The van der Waals surface area contributed by atoms with E-state index in [1.807, 2.05) is 31.3 Å². The molecule has 0 saturated carbocycles. The van der Waals surface area contributed by atoms with E-state index in [2.05, 4.69) is 9.62 Å². The number of hydrogen-bond acceptors (Lipinski definition) is 4. The van der Waals surface area contributed by atoms with Gasteiger partial charge in [-0.05, 0) is 30.2 Å². The predicted molar refractivity (Wildman–Crippen MR) is 76.2 cm³/mol. The van der Waals surface area contributed by atoms with Crippen LogP contribution in [0.1, 0.15) is 5.56 Å². The fourth-order valence-corrected chi connectivity index (χ4v) is 3.74. The lowest BCUT2D eigenvalue weighted by molar-refractivity contribution is 0.439. The van der Waals surface area contributed by atoms with Crippen molar-refractivity contribution in [2.45, 2.75) is 17.6 Å². The molecule has 6 heteroatoms. The van der Waals surface area contributed by atoms with Crippen molar-refractivity contribution in [2.24, 2.45) is 0 Å². The summed E-state index contributed by atoms with van der Waals surface area (Å²) < 4.78 is 32.0.